The molecule has 3 aromatic rings. The maximum atomic E-state index is 14.5. The molecule has 1 unspecified atom stereocenters. The summed E-state index contributed by atoms with van der Waals surface area (Å²) in [4.78, 5) is 69.2. The van der Waals surface area contributed by atoms with Gasteiger partial charge in [0.25, 0.3) is 5.91 Å². The van der Waals surface area contributed by atoms with Gasteiger partial charge in [0.15, 0.2) is 24.1 Å². The molecule has 2 aliphatic heterocycles. The minimum absolute atomic E-state index is 0.155. The van der Waals surface area contributed by atoms with Gasteiger partial charge in [-0.3, -0.25) is 14.4 Å². The average molecular weight is 894 g/mol. The number of aliphatic hydroxyl groups excluding tert-OH is 1. The largest absolute Gasteiger partial charge is 0.456 e. The van der Waals surface area contributed by atoms with E-state index in [2.05, 4.69) is 11.9 Å². The Morgan fingerprint density at radius 1 is 0.831 bits per heavy atom. The van der Waals surface area contributed by atoms with Crippen LogP contribution < -0.4 is 5.32 Å². The van der Waals surface area contributed by atoms with Crippen LogP contribution in [0, 0.1) is 16.7 Å². The summed E-state index contributed by atoms with van der Waals surface area (Å²) in [5, 5.41) is 28.7. The predicted molar refractivity (Wildman–Crippen MR) is 230 cm³/mol. The Balaban J connectivity index is 1.30. The van der Waals surface area contributed by atoms with Gasteiger partial charge in [-0.05, 0) is 54.0 Å². The molecule has 2 heterocycles. The number of hydrogen-bond acceptors (Lipinski definition) is 14. The summed E-state index contributed by atoms with van der Waals surface area (Å²) in [6.07, 6.45) is -8.88. The summed E-state index contributed by atoms with van der Waals surface area (Å²) >= 11 is 0. The number of fused-ring (bicyclic) bond motifs is 4. The summed E-state index contributed by atoms with van der Waals surface area (Å²) in [5.74, 6) is -5.08. The summed E-state index contributed by atoms with van der Waals surface area (Å²) in [6.45, 7) is 13.2. The summed E-state index contributed by atoms with van der Waals surface area (Å²) in [6, 6.07) is 23.6. The van der Waals surface area contributed by atoms with Gasteiger partial charge in [-0.15, -0.1) is 0 Å². The first-order valence-electron chi connectivity index (χ1n) is 21.8. The number of hydrogen-bond donors (Lipinski definition) is 3. The van der Waals surface area contributed by atoms with Gasteiger partial charge >= 0.3 is 23.9 Å². The highest BCUT2D eigenvalue weighted by Gasteiger charge is 2.79. The van der Waals surface area contributed by atoms with Crippen LogP contribution >= 0.6 is 0 Å². The van der Waals surface area contributed by atoms with Crippen molar-refractivity contribution in [2.45, 2.75) is 121 Å². The zero-order valence-electron chi connectivity index (χ0n) is 37.1. The standard InChI is InChI=1S/C50H55NO14/c1-8-36-62-34-24-35-49(26-59-35,65-29(4)53)41-43(64-45(56)32-22-16-11-17-23-32)50(58)25-33(27(2)37(47(50,5)6)40(60-28(3)52)42(63-36)48(34,41)7)61-46(57)39(54)38(30-18-12-9-13-19-30)51-44(55)31-20-14-10-15-21-31/h8-23,33-36,38-43,54,58H,1,24-26H2,2-7H3,(H,51,55)/t33-,34-,35+,36?,38-,39-,40-,41-,42-,43-,48+,49-,50+/m0/s1. The zero-order valence-corrected chi connectivity index (χ0v) is 37.1. The second-order valence-corrected chi connectivity index (χ2v) is 18.4. The zero-order chi connectivity index (χ0) is 46.6. The van der Waals surface area contributed by atoms with Crippen LogP contribution in [0.1, 0.15) is 86.7 Å². The normalized spacial score (nSPS) is 34.0. The first-order chi connectivity index (χ1) is 30.9. The van der Waals surface area contributed by atoms with E-state index in [0.29, 0.717) is 16.7 Å². The maximum Gasteiger partial charge on any atom is 0.338 e. The number of nitrogens with one attached hydrogen (secondary N) is 1. The molecule has 0 spiro atoms. The molecule has 2 saturated heterocycles. The molecule has 2 saturated carbocycles. The Morgan fingerprint density at radius 3 is 2.02 bits per heavy atom. The molecule has 3 N–H and O–H groups in total. The molecule has 8 rings (SSSR count). The molecular weight excluding hydrogens is 839 g/mol. The van der Waals surface area contributed by atoms with Gasteiger partial charge in [0.05, 0.1) is 30.2 Å². The van der Waals surface area contributed by atoms with E-state index in [4.69, 9.17) is 33.2 Å². The fourth-order valence-electron chi connectivity index (χ4n) is 11.2. The Labute approximate surface area is 377 Å². The minimum atomic E-state index is -2.25. The first-order valence-corrected chi connectivity index (χ1v) is 21.8. The van der Waals surface area contributed by atoms with Crippen molar-refractivity contribution in [3.05, 3.63) is 131 Å². The SMILES string of the molecule is C=CC1O[C@H]2C[C@H]3OC[C@@]3(OC(C)=O)[C@H]3[C@H](OC(=O)c4ccccc4)[C@]4(O)C[C@H](OC(=O)[C@@H](O)[C@@H](NC(=O)c5ccccc5)c5ccccc5)C(C)=C([C@H](OC(C)=O)[C@H](O1)[C@]23C)C4(C)C. The smallest absolute Gasteiger partial charge is 0.338 e. The number of esters is 4. The van der Waals surface area contributed by atoms with Crippen molar-refractivity contribution in [3.8, 4) is 0 Å². The second-order valence-electron chi connectivity index (χ2n) is 18.4. The lowest BCUT2D eigenvalue weighted by Crippen LogP contribution is -2.83. The lowest BCUT2D eigenvalue weighted by atomic mass is 9.44. The van der Waals surface area contributed by atoms with Crippen LogP contribution in [0.2, 0.25) is 0 Å². The number of carbonyl (C=O) groups is 5. The van der Waals surface area contributed by atoms with E-state index in [1.54, 1.807) is 112 Å². The monoisotopic (exact) mass is 893 g/mol. The molecule has 2 bridgehead atoms. The Hall–Kier alpha value is -5.71. The summed E-state index contributed by atoms with van der Waals surface area (Å²) in [7, 11) is 0. The van der Waals surface area contributed by atoms with Crippen molar-refractivity contribution in [2.24, 2.45) is 16.7 Å². The van der Waals surface area contributed by atoms with Crippen molar-refractivity contribution in [1.82, 2.24) is 5.32 Å². The van der Waals surface area contributed by atoms with Crippen LogP contribution in [0.4, 0.5) is 0 Å². The van der Waals surface area contributed by atoms with Crippen LogP contribution in [0.3, 0.4) is 0 Å². The summed E-state index contributed by atoms with van der Waals surface area (Å²) in [5.41, 5.74) is -5.17. The Bertz CT molecular complexity index is 2370. The minimum Gasteiger partial charge on any atom is -0.456 e. The molecule has 344 valence electrons. The first kappa shape index (κ1) is 45.8. The Kier molecular flexibility index (Phi) is 12.2. The molecule has 3 aliphatic carbocycles. The highest BCUT2D eigenvalue weighted by Crippen LogP contribution is 2.67. The van der Waals surface area contributed by atoms with Gasteiger partial charge in [-0.1, -0.05) is 94.1 Å². The quantitative estimate of drug-likeness (QED) is 0.130. The van der Waals surface area contributed by atoms with E-state index < -0.39 is 119 Å². The van der Waals surface area contributed by atoms with E-state index in [1.807, 2.05) is 6.92 Å². The fourth-order valence-corrected chi connectivity index (χ4v) is 11.2. The van der Waals surface area contributed by atoms with E-state index in [9.17, 15) is 34.2 Å². The number of aliphatic hydroxyl groups is 2. The van der Waals surface area contributed by atoms with Gasteiger partial charge in [-0.25, -0.2) is 9.59 Å². The van der Waals surface area contributed by atoms with Crippen molar-refractivity contribution < 1.29 is 67.3 Å². The third kappa shape index (κ3) is 7.66. The van der Waals surface area contributed by atoms with E-state index in [-0.39, 0.29) is 24.2 Å². The molecule has 0 aromatic heterocycles. The molecule has 0 radical (unpaired) electrons. The van der Waals surface area contributed by atoms with E-state index in [0.717, 1.165) is 0 Å². The topological polar surface area (TPSA) is 202 Å². The van der Waals surface area contributed by atoms with Gasteiger partial charge in [-0.2, -0.15) is 0 Å². The van der Waals surface area contributed by atoms with Crippen LogP contribution in [-0.2, 0) is 47.5 Å². The molecule has 65 heavy (non-hydrogen) atoms. The van der Waals surface area contributed by atoms with Gasteiger partial charge < -0.3 is 48.7 Å². The predicted octanol–water partition coefficient (Wildman–Crippen LogP) is 5.10. The van der Waals surface area contributed by atoms with Crippen LogP contribution in [0.25, 0.3) is 0 Å². The number of ether oxygens (including phenoxy) is 7. The molecule has 15 nitrogen and oxygen atoms in total. The third-order valence-electron chi connectivity index (χ3n) is 14.4. The van der Waals surface area contributed by atoms with E-state index >= 15 is 0 Å². The molecule has 4 fully saturated rings. The lowest BCUT2D eigenvalue weighted by molar-refractivity contribution is -0.405. The maximum absolute atomic E-state index is 14.5. The highest BCUT2D eigenvalue weighted by atomic mass is 16.7. The fraction of sp³-hybridized carbons (Fsp3) is 0.460. The molecule has 3 aromatic carbocycles. The van der Waals surface area contributed by atoms with Gasteiger partial charge in [0.1, 0.15) is 30.0 Å². The number of benzene rings is 3. The molecule has 13 atom stereocenters. The van der Waals surface area contributed by atoms with Crippen molar-refractivity contribution in [3.63, 3.8) is 0 Å². The number of amides is 1. The molecular formula is C50H55NO14. The number of rotatable bonds is 11. The Morgan fingerprint density at radius 2 is 1.45 bits per heavy atom. The van der Waals surface area contributed by atoms with E-state index in [1.165, 1.54) is 19.9 Å². The van der Waals surface area contributed by atoms with Crippen molar-refractivity contribution >= 4 is 29.8 Å². The lowest BCUT2D eigenvalue weighted by Gasteiger charge is -2.71. The highest BCUT2D eigenvalue weighted by molar-refractivity contribution is 5.95. The summed E-state index contributed by atoms with van der Waals surface area (Å²) < 4.78 is 45.0. The number of carbonyl (C=O) groups excluding carboxylic acids is 5. The average Bonchev–Trinajstić information content (AvgIpc) is 3.27. The van der Waals surface area contributed by atoms with Crippen LogP contribution in [-0.4, -0.2) is 107 Å². The van der Waals surface area contributed by atoms with Gasteiger partial charge in [0.2, 0.25) is 0 Å². The van der Waals surface area contributed by atoms with Crippen LogP contribution in [0.5, 0.6) is 0 Å². The van der Waals surface area contributed by atoms with Crippen molar-refractivity contribution in [1.29, 1.82) is 0 Å². The van der Waals surface area contributed by atoms with Crippen LogP contribution in [0.15, 0.2) is 115 Å². The third-order valence-corrected chi connectivity index (χ3v) is 14.4. The molecule has 1 amide bonds. The second kappa shape index (κ2) is 17.3. The molecule has 5 aliphatic rings. The molecule has 15 heteroatoms. The van der Waals surface area contributed by atoms with Crippen molar-refractivity contribution in [2.75, 3.05) is 6.61 Å². The van der Waals surface area contributed by atoms with Gasteiger partial charge in [0, 0.05) is 43.1 Å².